The summed E-state index contributed by atoms with van der Waals surface area (Å²) in [5.41, 5.74) is 3.67. The van der Waals surface area contributed by atoms with Gasteiger partial charge in [0.1, 0.15) is 11.9 Å². The molecule has 1 saturated carbocycles. The molecule has 34 heavy (non-hydrogen) atoms. The highest BCUT2D eigenvalue weighted by atomic mass is 16.2. The maximum Gasteiger partial charge on any atom is 0.245 e. The van der Waals surface area contributed by atoms with E-state index in [1.54, 1.807) is 0 Å². The summed E-state index contributed by atoms with van der Waals surface area (Å²) in [6.07, 6.45) is 15.6. The zero-order valence-electron chi connectivity index (χ0n) is 20.4. The first-order valence-corrected chi connectivity index (χ1v) is 13.4. The van der Waals surface area contributed by atoms with Gasteiger partial charge >= 0.3 is 0 Å². The normalized spacial score (nSPS) is 23.0. The zero-order chi connectivity index (χ0) is 23.1. The van der Waals surface area contributed by atoms with Crippen LogP contribution in [-0.2, 0) is 24.7 Å². The number of anilines is 3. The molecular formula is C26H37N7O. The molecule has 2 aliphatic carbocycles. The van der Waals surface area contributed by atoms with Crippen molar-refractivity contribution in [2.45, 2.75) is 89.0 Å². The van der Waals surface area contributed by atoms with E-state index in [2.05, 4.69) is 26.7 Å². The molecule has 1 unspecified atom stereocenters. The highest BCUT2D eigenvalue weighted by Gasteiger charge is 2.36. The third kappa shape index (κ3) is 3.95. The molecule has 1 atom stereocenters. The number of aromatic nitrogens is 4. The molecule has 0 bridgehead atoms. The van der Waals surface area contributed by atoms with E-state index >= 15 is 0 Å². The Morgan fingerprint density at radius 3 is 2.59 bits per heavy atom. The van der Waals surface area contributed by atoms with Crippen LogP contribution in [0.2, 0.25) is 0 Å². The SMILES string of the molecule is Cn1c(C2CCCC2)cnc1Nc1nc(N2CCCC2C(=O)N2CCCCC2)nc2c1CCC2. The molecule has 4 aliphatic rings. The summed E-state index contributed by atoms with van der Waals surface area (Å²) >= 11 is 0. The molecular weight excluding hydrogens is 426 g/mol. The number of fused-ring (bicyclic) bond motifs is 1. The van der Waals surface area contributed by atoms with Crippen molar-refractivity contribution in [3.63, 3.8) is 0 Å². The summed E-state index contributed by atoms with van der Waals surface area (Å²) in [5.74, 6) is 3.32. The number of amides is 1. The number of carbonyl (C=O) groups excluding carboxylic acids is 1. The monoisotopic (exact) mass is 463 g/mol. The van der Waals surface area contributed by atoms with E-state index in [1.807, 2.05) is 6.20 Å². The van der Waals surface area contributed by atoms with Crippen LogP contribution in [0.15, 0.2) is 6.20 Å². The number of aryl methyl sites for hydroxylation is 1. The van der Waals surface area contributed by atoms with Gasteiger partial charge in [0, 0.05) is 43.9 Å². The topological polar surface area (TPSA) is 79.2 Å². The van der Waals surface area contributed by atoms with E-state index in [9.17, 15) is 4.79 Å². The summed E-state index contributed by atoms with van der Waals surface area (Å²) in [7, 11) is 2.11. The van der Waals surface area contributed by atoms with Gasteiger partial charge in [-0.1, -0.05) is 12.8 Å². The van der Waals surface area contributed by atoms with Gasteiger partial charge in [0.05, 0.1) is 11.9 Å². The fraction of sp³-hybridized carbons (Fsp3) is 0.692. The number of nitrogens with one attached hydrogen (secondary N) is 1. The van der Waals surface area contributed by atoms with Crippen molar-refractivity contribution >= 4 is 23.6 Å². The number of carbonyl (C=O) groups is 1. The molecule has 2 aliphatic heterocycles. The lowest BCUT2D eigenvalue weighted by molar-refractivity contribution is -0.133. The van der Waals surface area contributed by atoms with E-state index < -0.39 is 0 Å². The van der Waals surface area contributed by atoms with Gasteiger partial charge in [-0.3, -0.25) is 4.79 Å². The van der Waals surface area contributed by atoms with E-state index in [0.717, 1.165) is 82.0 Å². The molecule has 2 aromatic heterocycles. The van der Waals surface area contributed by atoms with Gasteiger partial charge in [-0.2, -0.15) is 4.98 Å². The Labute approximate surface area is 202 Å². The molecule has 0 aromatic carbocycles. The quantitative estimate of drug-likeness (QED) is 0.720. The van der Waals surface area contributed by atoms with E-state index in [-0.39, 0.29) is 11.9 Å². The first kappa shape index (κ1) is 21.9. The second-order valence-electron chi connectivity index (χ2n) is 10.6. The average Bonchev–Trinajstić information content (AvgIpc) is 3.66. The number of rotatable bonds is 5. The van der Waals surface area contributed by atoms with Crippen LogP contribution in [0.3, 0.4) is 0 Å². The molecule has 6 rings (SSSR count). The van der Waals surface area contributed by atoms with Crippen molar-refractivity contribution in [3.05, 3.63) is 23.1 Å². The van der Waals surface area contributed by atoms with Crippen LogP contribution in [0.5, 0.6) is 0 Å². The fourth-order valence-corrected chi connectivity index (χ4v) is 6.48. The summed E-state index contributed by atoms with van der Waals surface area (Å²) in [6.45, 7) is 2.63. The number of piperidine rings is 1. The third-order valence-corrected chi connectivity index (χ3v) is 8.41. The van der Waals surface area contributed by atoms with Crippen LogP contribution in [-0.4, -0.2) is 56.0 Å². The average molecular weight is 464 g/mol. The Kier molecular flexibility index (Phi) is 5.91. The summed E-state index contributed by atoms with van der Waals surface area (Å²) in [4.78, 5) is 32.3. The van der Waals surface area contributed by atoms with Crippen molar-refractivity contribution in [2.75, 3.05) is 29.9 Å². The van der Waals surface area contributed by atoms with Gasteiger partial charge in [-0.05, 0) is 64.2 Å². The lowest BCUT2D eigenvalue weighted by Crippen LogP contribution is -2.48. The number of hydrogen-bond acceptors (Lipinski definition) is 6. The molecule has 0 spiro atoms. The highest BCUT2D eigenvalue weighted by Crippen LogP contribution is 2.36. The molecule has 4 heterocycles. The Morgan fingerprint density at radius 1 is 0.941 bits per heavy atom. The van der Waals surface area contributed by atoms with Gasteiger partial charge < -0.3 is 19.7 Å². The summed E-state index contributed by atoms with van der Waals surface area (Å²) in [6, 6.07) is -0.132. The molecule has 2 saturated heterocycles. The van der Waals surface area contributed by atoms with Crippen molar-refractivity contribution in [1.29, 1.82) is 0 Å². The van der Waals surface area contributed by atoms with Gasteiger partial charge in [0.15, 0.2) is 0 Å². The zero-order valence-corrected chi connectivity index (χ0v) is 20.4. The Balaban J connectivity index is 1.28. The molecule has 2 aromatic rings. The Hall–Kier alpha value is -2.64. The van der Waals surface area contributed by atoms with E-state index in [0.29, 0.717) is 11.9 Å². The fourth-order valence-electron chi connectivity index (χ4n) is 6.48. The van der Waals surface area contributed by atoms with Gasteiger partial charge in [-0.15, -0.1) is 0 Å². The predicted octanol–water partition coefficient (Wildman–Crippen LogP) is 4.08. The van der Waals surface area contributed by atoms with Crippen molar-refractivity contribution in [3.8, 4) is 0 Å². The minimum Gasteiger partial charge on any atom is -0.341 e. The molecule has 1 amide bonds. The first-order chi connectivity index (χ1) is 16.7. The van der Waals surface area contributed by atoms with Crippen LogP contribution in [0.4, 0.5) is 17.7 Å². The number of nitrogens with zero attached hydrogens (tertiary/aromatic N) is 6. The van der Waals surface area contributed by atoms with Crippen LogP contribution in [0.1, 0.15) is 87.1 Å². The van der Waals surface area contributed by atoms with Crippen molar-refractivity contribution < 1.29 is 4.79 Å². The van der Waals surface area contributed by atoms with Crippen molar-refractivity contribution in [2.24, 2.45) is 7.05 Å². The lowest BCUT2D eigenvalue weighted by atomic mass is 10.1. The first-order valence-electron chi connectivity index (χ1n) is 13.4. The standard InChI is InChI=1S/C26H37N7O/c1-31-22(18-9-3-4-10-18)17-27-25(31)29-23-19-11-7-12-20(19)28-26(30-23)33-16-8-13-21(33)24(34)32-14-5-2-6-15-32/h17-18,21H,2-16H2,1H3,(H,27,28,29,30). The van der Waals surface area contributed by atoms with Crippen LogP contribution in [0.25, 0.3) is 0 Å². The van der Waals surface area contributed by atoms with E-state index in [1.165, 1.54) is 43.4 Å². The van der Waals surface area contributed by atoms with Crippen LogP contribution < -0.4 is 10.2 Å². The lowest BCUT2D eigenvalue weighted by Gasteiger charge is -2.32. The number of likely N-dealkylation sites (tertiary alicyclic amines) is 1. The molecule has 1 N–H and O–H groups in total. The smallest absolute Gasteiger partial charge is 0.245 e. The highest BCUT2D eigenvalue weighted by molar-refractivity contribution is 5.85. The second-order valence-corrected chi connectivity index (χ2v) is 10.6. The van der Waals surface area contributed by atoms with Gasteiger partial charge in [-0.25, -0.2) is 9.97 Å². The van der Waals surface area contributed by atoms with Crippen LogP contribution in [0, 0.1) is 0 Å². The maximum atomic E-state index is 13.4. The second kappa shape index (κ2) is 9.19. The van der Waals surface area contributed by atoms with Gasteiger partial charge in [0.2, 0.25) is 17.8 Å². The van der Waals surface area contributed by atoms with E-state index in [4.69, 9.17) is 15.0 Å². The molecule has 8 heteroatoms. The minimum atomic E-state index is -0.132. The third-order valence-electron chi connectivity index (χ3n) is 8.41. The maximum absolute atomic E-state index is 13.4. The minimum absolute atomic E-state index is 0.132. The largest absolute Gasteiger partial charge is 0.341 e. The van der Waals surface area contributed by atoms with Gasteiger partial charge in [0.25, 0.3) is 0 Å². The molecule has 182 valence electrons. The molecule has 3 fully saturated rings. The summed E-state index contributed by atoms with van der Waals surface area (Å²) < 4.78 is 2.21. The molecule has 0 radical (unpaired) electrons. The number of imidazole rings is 1. The number of hydrogen-bond donors (Lipinski definition) is 1. The summed E-state index contributed by atoms with van der Waals surface area (Å²) in [5, 5.41) is 3.57. The van der Waals surface area contributed by atoms with Crippen LogP contribution >= 0.6 is 0 Å². The Morgan fingerprint density at radius 2 is 1.76 bits per heavy atom. The predicted molar refractivity (Wildman–Crippen MR) is 133 cm³/mol. The van der Waals surface area contributed by atoms with Crippen molar-refractivity contribution in [1.82, 2.24) is 24.4 Å². The molecule has 8 nitrogen and oxygen atoms in total. The Bertz CT molecular complexity index is 1050.